The number of fused-ring (bicyclic) bond motifs is 1. The average molecular weight is 657 g/mol. The van der Waals surface area contributed by atoms with Crippen LogP contribution in [0.15, 0.2) is 24.3 Å². The number of piperidine rings is 1. The Morgan fingerprint density at radius 2 is 1.60 bits per heavy atom. The van der Waals surface area contributed by atoms with Crippen molar-refractivity contribution in [1.29, 1.82) is 0 Å². The smallest absolute Gasteiger partial charge is 0.337 e. The molecule has 0 spiro atoms. The van der Waals surface area contributed by atoms with Crippen molar-refractivity contribution in [1.82, 2.24) is 15.0 Å². The van der Waals surface area contributed by atoms with Crippen molar-refractivity contribution in [2.45, 2.75) is 92.9 Å². The Kier molecular flexibility index (Phi) is 9.43. The van der Waals surface area contributed by atoms with Crippen LogP contribution in [0.3, 0.4) is 0 Å². The molecule has 3 aliphatic heterocycles. The molecule has 3 aromatic rings. The van der Waals surface area contributed by atoms with Crippen LogP contribution in [-0.2, 0) is 27.2 Å². The lowest BCUT2D eigenvalue weighted by molar-refractivity contribution is -0.160. The molecule has 1 aromatic carbocycles. The highest BCUT2D eigenvalue weighted by molar-refractivity contribution is 5.88. The summed E-state index contributed by atoms with van der Waals surface area (Å²) in [6.45, 7) is 22.7. The number of aliphatic carboxylic acids is 1. The molecule has 10 nitrogen and oxygen atoms in total. The van der Waals surface area contributed by atoms with Gasteiger partial charge in [-0.25, -0.2) is 9.78 Å². The molecule has 2 fully saturated rings. The van der Waals surface area contributed by atoms with Crippen LogP contribution in [0.5, 0.6) is 0 Å². The van der Waals surface area contributed by atoms with E-state index < -0.39 is 17.7 Å². The molecule has 0 radical (unpaired) electrons. The molecule has 0 aliphatic carbocycles. The Morgan fingerprint density at radius 3 is 2.27 bits per heavy atom. The van der Waals surface area contributed by atoms with Crippen LogP contribution in [0.4, 0.5) is 17.5 Å². The molecule has 5 heterocycles. The van der Waals surface area contributed by atoms with Gasteiger partial charge in [0.05, 0.1) is 24.5 Å². The van der Waals surface area contributed by atoms with E-state index in [2.05, 4.69) is 52.8 Å². The maximum Gasteiger partial charge on any atom is 0.337 e. The maximum atomic E-state index is 12.9. The number of anilines is 3. The zero-order valence-corrected chi connectivity index (χ0v) is 30.0. The van der Waals surface area contributed by atoms with Crippen molar-refractivity contribution >= 4 is 23.4 Å². The first-order valence-electron chi connectivity index (χ1n) is 17.4. The molecule has 2 aromatic heterocycles. The summed E-state index contributed by atoms with van der Waals surface area (Å²) in [5.74, 6) is 0.732. The molecular weight excluding hydrogens is 604 g/mol. The van der Waals surface area contributed by atoms with E-state index in [1.165, 1.54) is 11.1 Å². The first-order chi connectivity index (χ1) is 22.7. The third-order valence-corrected chi connectivity index (χ3v) is 9.92. The van der Waals surface area contributed by atoms with Gasteiger partial charge in [0.2, 0.25) is 5.95 Å². The highest BCUT2D eigenvalue weighted by Gasteiger charge is 2.37. The molecule has 0 unspecified atom stereocenters. The summed E-state index contributed by atoms with van der Waals surface area (Å²) < 4.78 is 11.8. The molecule has 258 valence electrons. The Labute approximate surface area is 285 Å². The minimum Gasteiger partial charge on any atom is -0.479 e. The van der Waals surface area contributed by atoms with E-state index in [0.29, 0.717) is 24.5 Å². The van der Waals surface area contributed by atoms with Crippen LogP contribution in [0.1, 0.15) is 87.3 Å². The Balaban J connectivity index is 1.38. The molecule has 1 N–H and O–H groups in total. The number of aryl methyl sites for hydroxylation is 3. The minimum atomic E-state index is -1.13. The summed E-state index contributed by atoms with van der Waals surface area (Å²) >= 11 is 0. The van der Waals surface area contributed by atoms with E-state index >= 15 is 0 Å². The van der Waals surface area contributed by atoms with Crippen molar-refractivity contribution in [3.63, 3.8) is 0 Å². The van der Waals surface area contributed by atoms with Gasteiger partial charge in [0.25, 0.3) is 0 Å². The largest absolute Gasteiger partial charge is 0.479 e. The Morgan fingerprint density at radius 1 is 0.896 bits per heavy atom. The number of carboxylic acids is 1. The topological polar surface area (TPSA) is 104 Å². The van der Waals surface area contributed by atoms with Crippen LogP contribution < -0.4 is 14.7 Å². The number of benzene rings is 1. The SMILES string of the molecule is Cc1cc(N2CCOCC2)nc(N2CCc3cc(-c4c(C)nc(C)c([C@H](OC(C)(C)C)C(=O)O)c4N4CCC(C)(C)CC4)ccc3C2)n1. The van der Waals surface area contributed by atoms with Crippen molar-refractivity contribution in [2.24, 2.45) is 5.41 Å². The van der Waals surface area contributed by atoms with E-state index in [1.54, 1.807) is 0 Å². The summed E-state index contributed by atoms with van der Waals surface area (Å²) in [4.78, 5) is 34.6. The maximum absolute atomic E-state index is 12.9. The molecule has 0 amide bonds. The first kappa shape index (κ1) is 34.1. The number of hydrogen-bond acceptors (Lipinski definition) is 9. The quantitative estimate of drug-likeness (QED) is 0.306. The van der Waals surface area contributed by atoms with Crippen LogP contribution in [0, 0.1) is 26.2 Å². The molecule has 0 saturated carbocycles. The molecule has 1 atom stereocenters. The zero-order chi connectivity index (χ0) is 34.4. The van der Waals surface area contributed by atoms with Crippen LogP contribution in [0.25, 0.3) is 11.1 Å². The van der Waals surface area contributed by atoms with Gasteiger partial charge in [0.1, 0.15) is 5.82 Å². The molecule has 0 bridgehead atoms. The van der Waals surface area contributed by atoms with Gasteiger partial charge in [0, 0.05) is 73.5 Å². The normalized spacial score (nSPS) is 18.9. The fourth-order valence-electron chi connectivity index (χ4n) is 7.27. The Bertz CT molecular complexity index is 1670. The second kappa shape index (κ2) is 13.3. The number of carboxylic acid groups (broad SMARTS) is 1. The monoisotopic (exact) mass is 656 g/mol. The summed E-state index contributed by atoms with van der Waals surface area (Å²) in [5.41, 5.74) is 8.38. The van der Waals surface area contributed by atoms with Gasteiger partial charge in [-0.1, -0.05) is 32.0 Å². The predicted molar refractivity (Wildman–Crippen MR) is 190 cm³/mol. The van der Waals surface area contributed by atoms with Crippen molar-refractivity contribution < 1.29 is 19.4 Å². The summed E-state index contributed by atoms with van der Waals surface area (Å²) in [6, 6.07) is 8.76. The molecule has 48 heavy (non-hydrogen) atoms. The van der Waals surface area contributed by atoms with Crippen molar-refractivity contribution in [3.05, 3.63) is 58.0 Å². The number of nitrogens with zero attached hydrogens (tertiary/aromatic N) is 6. The average Bonchev–Trinajstić information content (AvgIpc) is 3.03. The molecule has 2 saturated heterocycles. The van der Waals surface area contributed by atoms with E-state index in [4.69, 9.17) is 24.4 Å². The van der Waals surface area contributed by atoms with E-state index in [9.17, 15) is 9.90 Å². The van der Waals surface area contributed by atoms with Gasteiger partial charge in [-0.2, -0.15) is 4.98 Å². The van der Waals surface area contributed by atoms with Gasteiger partial charge >= 0.3 is 5.97 Å². The third-order valence-electron chi connectivity index (χ3n) is 9.92. The summed E-state index contributed by atoms with van der Waals surface area (Å²) in [7, 11) is 0. The zero-order valence-electron chi connectivity index (χ0n) is 30.0. The number of carbonyl (C=O) groups is 1. The van der Waals surface area contributed by atoms with E-state index in [0.717, 1.165) is 98.5 Å². The number of ether oxygens (including phenoxy) is 2. The fourth-order valence-corrected chi connectivity index (χ4v) is 7.27. The third kappa shape index (κ3) is 7.29. The van der Waals surface area contributed by atoms with Gasteiger partial charge < -0.3 is 29.3 Å². The number of hydrogen-bond donors (Lipinski definition) is 1. The van der Waals surface area contributed by atoms with Gasteiger partial charge in [-0.05, 0) is 82.9 Å². The van der Waals surface area contributed by atoms with Crippen molar-refractivity contribution in [3.8, 4) is 11.1 Å². The van der Waals surface area contributed by atoms with E-state index in [-0.39, 0.29) is 5.41 Å². The van der Waals surface area contributed by atoms with Crippen LogP contribution in [-0.4, -0.2) is 77.6 Å². The van der Waals surface area contributed by atoms with E-state index in [1.807, 2.05) is 41.5 Å². The highest BCUT2D eigenvalue weighted by atomic mass is 16.5. The standard InChI is InChI=1S/C38H52N6O4/c1-24-21-30(42-17-19-47-20-18-42)41-36(39-24)44-14-11-27-22-28(9-10-29(27)23-44)31-25(2)40-26(3)32(34(35(45)46)48-37(4,5)6)33(31)43-15-12-38(7,8)13-16-43/h9-10,21-22,34H,11-20,23H2,1-8H3,(H,45,46)/t34-/m0/s1. The van der Waals surface area contributed by atoms with Gasteiger partial charge in [-0.3, -0.25) is 4.98 Å². The summed E-state index contributed by atoms with van der Waals surface area (Å²) in [6.07, 6.45) is 1.78. The van der Waals surface area contributed by atoms with Gasteiger partial charge in [0.15, 0.2) is 6.10 Å². The lowest BCUT2D eigenvalue weighted by atomic mass is 9.81. The van der Waals surface area contributed by atoms with Gasteiger partial charge in [-0.15, -0.1) is 0 Å². The first-order valence-corrected chi connectivity index (χ1v) is 17.4. The van der Waals surface area contributed by atoms with Crippen molar-refractivity contribution in [2.75, 3.05) is 60.6 Å². The lowest BCUT2D eigenvalue weighted by Crippen LogP contribution is -2.39. The predicted octanol–water partition coefficient (Wildman–Crippen LogP) is 6.43. The molecule has 10 heteroatoms. The second-order valence-corrected chi connectivity index (χ2v) is 15.4. The number of morpholine rings is 1. The lowest BCUT2D eigenvalue weighted by Gasteiger charge is -2.41. The molecular formula is C38H52N6O4. The number of pyridine rings is 1. The fraction of sp³-hybridized carbons (Fsp3) is 0.579. The Hall–Kier alpha value is -3.76. The minimum absolute atomic E-state index is 0.240. The number of rotatable bonds is 7. The van der Waals surface area contributed by atoms with Crippen LogP contribution >= 0.6 is 0 Å². The number of aromatic nitrogens is 3. The molecule has 6 rings (SSSR count). The summed E-state index contributed by atoms with van der Waals surface area (Å²) in [5, 5.41) is 10.5. The highest BCUT2D eigenvalue weighted by Crippen LogP contribution is 2.45. The molecule has 3 aliphatic rings. The van der Waals surface area contributed by atoms with Crippen LogP contribution in [0.2, 0.25) is 0 Å². The second-order valence-electron chi connectivity index (χ2n) is 15.4.